The van der Waals surface area contributed by atoms with E-state index < -0.39 is 11.8 Å². The summed E-state index contributed by atoms with van der Waals surface area (Å²) >= 11 is 0. The second kappa shape index (κ2) is 8.67. The van der Waals surface area contributed by atoms with Crippen LogP contribution >= 0.6 is 0 Å². The molecule has 2 N–H and O–H groups in total. The van der Waals surface area contributed by atoms with Crippen LogP contribution in [-0.4, -0.2) is 16.2 Å². The molecule has 0 spiro atoms. The Morgan fingerprint density at radius 1 is 0.963 bits per heavy atom. The predicted molar refractivity (Wildman–Crippen MR) is 105 cm³/mol. The molecule has 2 aromatic carbocycles. The summed E-state index contributed by atoms with van der Waals surface area (Å²) in [6.45, 7) is 0. The lowest BCUT2D eigenvalue weighted by atomic mass is 9.89. The molecule has 0 heterocycles. The van der Waals surface area contributed by atoms with E-state index in [1.54, 1.807) is 24.3 Å². The topological polar surface area (TPSA) is 57.5 Å². The Bertz CT molecular complexity index is 886. The van der Waals surface area contributed by atoms with Gasteiger partial charge in [-0.15, -0.1) is 0 Å². The summed E-state index contributed by atoms with van der Waals surface area (Å²) in [6, 6.07) is 11.9. The number of phenols is 1. The minimum absolute atomic E-state index is 0.181. The minimum Gasteiger partial charge on any atom is -0.508 e. The Morgan fingerprint density at radius 2 is 1.67 bits per heavy atom. The summed E-state index contributed by atoms with van der Waals surface area (Å²) in [4.78, 5) is 10.7. The van der Waals surface area contributed by atoms with E-state index in [0.717, 1.165) is 48.5 Å². The molecule has 0 aromatic heterocycles. The number of aliphatic carboxylic acids is 1. The molecule has 3 nitrogen and oxygen atoms in total. The zero-order chi connectivity index (χ0) is 19.2. The minimum atomic E-state index is -1.11. The van der Waals surface area contributed by atoms with E-state index in [2.05, 4.69) is 0 Å². The lowest BCUT2D eigenvalue weighted by Crippen LogP contribution is -1.97. The van der Waals surface area contributed by atoms with Gasteiger partial charge in [0.05, 0.1) is 0 Å². The molecule has 0 amide bonds. The van der Waals surface area contributed by atoms with Gasteiger partial charge in [-0.1, -0.05) is 42.7 Å². The molecule has 2 aromatic rings. The number of carboxylic acid groups (broad SMARTS) is 1. The first-order valence-corrected chi connectivity index (χ1v) is 9.27. The first-order valence-electron chi connectivity index (χ1n) is 9.27. The van der Waals surface area contributed by atoms with Gasteiger partial charge in [0.1, 0.15) is 11.6 Å². The van der Waals surface area contributed by atoms with Gasteiger partial charge >= 0.3 is 5.97 Å². The summed E-state index contributed by atoms with van der Waals surface area (Å²) in [5.74, 6) is -1.39. The SMILES string of the molecule is O=C(O)C=Cc1ccc(C(=C2CCCCCC2)c2cccc(O)c2)cc1F. The van der Waals surface area contributed by atoms with Crippen molar-refractivity contribution in [1.29, 1.82) is 0 Å². The number of benzene rings is 2. The summed E-state index contributed by atoms with van der Waals surface area (Å²) < 4.78 is 14.6. The van der Waals surface area contributed by atoms with Crippen molar-refractivity contribution < 1.29 is 19.4 Å². The van der Waals surface area contributed by atoms with Gasteiger partial charge in [-0.2, -0.15) is 0 Å². The van der Waals surface area contributed by atoms with Crippen molar-refractivity contribution in [2.45, 2.75) is 38.5 Å². The highest BCUT2D eigenvalue weighted by Gasteiger charge is 2.16. The van der Waals surface area contributed by atoms with Gasteiger partial charge in [0, 0.05) is 11.6 Å². The van der Waals surface area contributed by atoms with Gasteiger partial charge < -0.3 is 10.2 Å². The van der Waals surface area contributed by atoms with Crippen LogP contribution in [0.4, 0.5) is 4.39 Å². The smallest absolute Gasteiger partial charge is 0.328 e. The molecule has 1 aliphatic rings. The van der Waals surface area contributed by atoms with Crippen molar-refractivity contribution in [2.75, 3.05) is 0 Å². The normalized spacial score (nSPS) is 14.9. The fourth-order valence-electron chi connectivity index (χ4n) is 3.62. The maximum absolute atomic E-state index is 14.6. The van der Waals surface area contributed by atoms with E-state index in [-0.39, 0.29) is 11.3 Å². The highest BCUT2D eigenvalue weighted by atomic mass is 19.1. The highest BCUT2D eigenvalue weighted by molar-refractivity contribution is 5.86. The molecule has 0 unspecified atom stereocenters. The van der Waals surface area contributed by atoms with Crippen LogP contribution in [-0.2, 0) is 4.79 Å². The Kier molecular flexibility index (Phi) is 6.07. The van der Waals surface area contributed by atoms with Crippen molar-refractivity contribution >= 4 is 17.6 Å². The molecule has 1 fully saturated rings. The first-order chi connectivity index (χ1) is 13.0. The predicted octanol–water partition coefficient (Wildman–Crippen LogP) is 5.79. The Balaban J connectivity index is 2.09. The van der Waals surface area contributed by atoms with Crippen LogP contribution in [0.5, 0.6) is 5.75 Å². The average molecular weight is 366 g/mol. The van der Waals surface area contributed by atoms with Crippen molar-refractivity contribution in [3.63, 3.8) is 0 Å². The van der Waals surface area contributed by atoms with Gasteiger partial charge in [0.2, 0.25) is 0 Å². The lowest BCUT2D eigenvalue weighted by Gasteiger charge is -2.16. The van der Waals surface area contributed by atoms with E-state index in [1.165, 1.54) is 30.6 Å². The molecular formula is C23H23FO3. The monoisotopic (exact) mass is 366 g/mol. The van der Waals surface area contributed by atoms with E-state index in [4.69, 9.17) is 5.11 Å². The lowest BCUT2D eigenvalue weighted by molar-refractivity contribution is -0.131. The molecule has 140 valence electrons. The molecule has 3 rings (SSSR count). The zero-order valence-corrected chi connectivity index (χ0v) is 15.1. The number of allylic oxidation sites excluding steroid dienone is 1. The number of phenolic OH excluding ortho intramolecular Hbond substituents is 1. The van der Waals surface area contributed by atoms with Gasteiger partial charge in [-0.05, 0) is 66.7 Å². The molecule has 0 saturated heterocycles. The fourth-order valence-corrected chi connectivity index (χ4v) is 3.62. The van der Waals surface area contributed by atoms with Crippen LogP contribution < -0.4 is 0 Å². The first kappa shape index (κ1) is 18.9. The summed E-state index contributed by atoms with van der Waals surface area (Å²) in [7, 11) is 0. The van der Waals surface area contributed by atoms with Gasteiger partial charge in [0.25, 0.3) is 0 Å². The number of carboxylic acids is 1. The van der Waals surface area contributed by atoms with E-state index >= 15 is 0 Å². The molecule has 0 radical (unpaired) electrons. The van der Waals surface area contributed by atoms with Gasteiger partial charge in [-0.3, -0.25) is 0 Å². The third-order valence-corrected chi connectivity index (χ3v) is 4.89. The quantitative estimate of drug-likeness (QED) is 0.532. The van der Waals surface area contributed by atoms with Crippen LogP contribution in [0.25, 0.3) is 11.6 Å². The molecule has 0 atom stereocenters. The van der Waals surface area contributed by atoms with Crippen LogP contribution in [0.1, 0.15) is 55.2 Å². The second-order valence-corrected chi connectivity index (χ2v) is 6.85. The van der Waals surface area contributed by atoms with Crippen LogP contribution in [0.15, 0.2) is 54.1 Å². The number of hydrogen-bond acceptors (Lipinski definition) is 2. The van der Waals surface area contributed by atoms with E-state index in [0.29, 0.717) is 0 Å². The maximum atomic E-state index is 14.6. The molecule has 27 heavy (non-hydrogen) atoms. The molecule has 1 saturated carbocycles. The summed E-state index contributed by atoms with van der Waals surface area (Å²) in [5, 5.41) is 18.7. The zero-order valence-electron chi connectivity index (χ0n) is 15.1. The molecular weight excluding hydrogens is 343 g/mol. The van der Waals surface area contributed by atoms with Crippen LogP contribution in [0.2, 0.25) is 0 Å². The van der Waals surface area contributed by atoms with Crippen molar-refractivity contribution in [3.8, 4) is 5.75 Å². The largest absolute Gasteiger partial charge is 0.508 e. The highest BCUT2D eigenvalue weighted by Crippen LogP contribution is 2.36. The Morgan fingerprint density at radius 3 is 2.30 bits per heavy atom. The van der Waals surface area contributed by atoms with Crippen LogP contribution in [0, 0.1) is 5.82 Å². The van der Waals surface area contributed by atoms with E-state index in [1.807, 2.05) is 12.1 Å². The fraction of sp³-hybridized carbons (Fsp3) is 0.261. The molecule has 4 heteroatoms. The number of halogens is 1. The maximum Gasteiger partial charge on any atom is 0.328 e. The van der Waals surface area contributed by atoms with Crippen LogP contribution in [0.3, 0.4) is 0 Å². The number of rotatable bonds is 4. The van der Waals surface area contributed by atoms with Crippen molar-refractivity contribution in [3.05, 3.63) is 76.6 Å². The third kappa shape index (κ3) is 4.85. The third-order valence-electron chi connectivity index (χ3n) is 4.89. The van der Waals surface area contributed by atoms with E-state index in [9.17, 15) is 14.3 Å². The number of hydrogen-bond donors (Lipinski definition) is 2. The Hall–Kier alpha value is -2.88. The van der Waals surface area contributed by atoms with Crippen molar-refractivity contribution in [2.24, 2.45) is 0 Å². The molecule has 0 aliphatic heterocycles. The molecule has 1 aliphatic carbocycles. The van der Waals surface area contributed by atoms with Crippen molar-refractivity contribution in [1.82, 2.24) is 0 Å². The summed E-state index contributed by atoms with van der Waals surface area (Å²) in [5.41, 5.74) is 4.12. The number of carbonyl (C=O) groups is 1. The molecule has 0 bridgehead atoms. The number of aromatic hydroxyl groups is 1. The second-order valence-electron chi connectivity index (χ2n) is 6.85. The summed E-state index contributed by atoms with van der Waals surface area (Å²) in [6.07, 6.45) is 8.74. The Labute approximate surface area is 158 Å². The average Bonchev–Trinajstić information content (AvgIpc) is 2.90. The van der Waals surface area contributed by atoms with Gasteiger partial charge in [-0.25, -0.2) is 9.18 Å². The standard InChI is InChI=1S/C23H23FO3/c24-21-15-19(11-10-16(21)12-13-22(26)27)23(17-6-3-1-2-4-7-17)18-8-5-9-20(25)14-18/h5,8-15,25H,1-4,6-7H2,(H,26,27). The van der Waals surface area contributed by atoms with Gasteiger partial charge in [0.15, 0.2) is 0 Å².